The molecule has 0 saturated heterocycles. The summed E-state index contributed by atoms with van der Waals surface area (Å²) in [5.41, 5.74) is 1.57. The Kier molecular flexibility index (Phi) is 5.63. The smallest absolute Gasteiger partial charge is 0.308 e. The van der Waals surface area contributed by atoms with Gasteiger partial charge < -0.3 is 5.32 Å². The number of nitrogens with one attached hydrogen (secondary N) is 2. The summed E-state index contributed by atoms with van der Waals surface area (Å²) < 4.78 is 2.37. The maximum Gasteiger partial charge on any atom is 0.324 e. The van der Waals surface area contributed by atoms with Crippen molar-refractivity contribution in [2.24, 2.45) is 0 Å². The van der Waals surface area contributed by atoms with Gasteiger partial charge in [-0.3, -0.25) is 10.00 Å². The molecule has 2 aromatic carbocycles. The van der Waals surface area contributed by atoms with Crippen LogP contribution >= 0.6 is 39.1 Å². The first-order valence-electron chi connectivity index (χ1n) is 7.31. The van der Waals surface area contributed by atoms with Crippen molar-refractivity contribution in [2.75, 3.05) is 10.6 Å². The van der Waals surface area contributed by atoms with Crippen LogP contribution in [0, 0.1) is 0 Å². The number of rotatable bonds is 4. The Labute approximate surface area is 163 Å². The third-order valence-corrected chi connectivity index (χ3v) is 4.54. The SMILES string of the molecule is O=C(Nc1ccc(Cl)cc1)Nc1nn(Cc2ccccc2Cl)cc1Br. The molecule has 0 saturated carbocycles. The maximum absolute atomic E-state index is 12.1. The molecule has 128 valence electrons. The zero-order valence-electron chi connectivity index (χ0n) is 12.8. The molecule has 0 aliphatic heterocycles. The molecule has 8 heteroatoms. The van der Waals surface area contributed by atoms with Crippen molar-refractivity contribution in [3.63, 3.8) is 0 Å². The molecule has 25 heavy (non-hydrogen) atoms. The van der Waals surface area contributed by atoms with Gasteiger partial charge >= 0.3 is 6.03 Å². The summed E-state index contributed by atoms with van der Waals surface area (Å²) in [5.74, 6) is 0.415. The van der Waals surface area contributed by atoms with E-state index in [4.69, 9.17) is 23.2 Å². The van der Waals surface area contributed by atoms with Crippen LogP contribution in [0.4, 0.5) is 16.3 Å². The predicted molar refractivity (Wildman–Crippen MR) is 105 cm³/mol. The van der Waals surface area contributed by atoms with Crippen LogP contribution in [0.3, 0.4) is 0 Å². The van der Waals surface area contributed by atoms with Crippen molar-refractivity contribution in [2.45, 2.75) is 6.54 Å². The Morgan fingerprint density at radius 3 is 2.52 bits per heavy atom. The molecule has 0 aliphatic rings. The summed E-state index contributed by atoms with van der Waals surface area (Å²) >= 11 is 15.4. The molecule has 0 spiro atoms. The lowest BCUT2D eigenvalue weighted by atomic mass is 10.2. The van der Waals surface area contributed by atoms with E-state index >= 15 is 0 Å². The number of benzene rings is 2. The molecule has 3 rings (SSSR count). The van der Waals surface area contributed by atoms with Crippen LogP contribution in [0.2, 0.25) is 10.0 Å². The molecule has 0 radical (unpaired) electrons. The second-order valence-electron chi connectivity index (χ2n) is 5.20. The van der Waals surface area contributed by atoms with E-state index in [2.05, 4.69) is 31.7 Å². The van der Waals surface area contributed by atoms with Crippen LogP contribution in [0.5, 0.6) is 0 Å². The highest BCUT2D eigenvalue weighted by molar-refractivity contribution is 9.10. The van der Waals surface area contributed by atoms with Crippen LogP contribution in [0.1, 0.15) is 5.56 Å². The number of aromatic nitrogens is 2. The number of urea groups is 1. The van der Waals surface area contributed by atoms with Crippen LogP contribution in [0.25, 0.3) is 0 Å². The molecule has 3 aromatic rings. The number of nitrogens with zero attached hydrogens (tertiary/aromatic N) is 2. The number of carbonyl (C=O) groups is 1. The average Bonchev–Trinajstić information content (AvgIpc) is 2.91. The molecule has 0 atom stereocenters. The summed E-state index contributed by atoms with van der Waals surface area (Å²) in [4.78, 5) is 12.1. The topological polar surface area (TPSA) is 59.0 Å². The molecule has 0 aliphatic carbocycles. The van der Waals surface area contributed by atoms with Gasteiger partial charge in [0.05, 0.1) is 11.0 Å². The number of anilines is 2. The molecule has 1 heterocycles. The fourth-order valence-corrected chi connectivity index (χ4v) is 2.90. The normalized spacial score (nSPS) is 10.5. The number of hydrogen-bond acceptors (Lipinski definition) is 2. The maximum atomic E-state index is 12.1. The number of amides is 2. The van der Waals surface area contributed by atoms with Gasteiger partial charge in [0.1, 0.15) is 0 Å². The predicted octanol–water partition coefficient (Wildman–Crippen LogP) is 5.64. The quantitative estimate of drug-likeness (QED) is 0.552. The van der Waals surface area contributed by atoms with Crippen molar-refractivity contribution < 1.29 is 4.79 Å². The molecule has 5 nitrogen and oxygen atoms in total. The van der Waals surface area contributed by atoms with Crippen LogP contribution in [-0.4, -0.2) is 15.8 Å². The van der Waals surface area contributed by atoms with E-state index < -0.39 is 6.03 Å². The van der Waals surface area contributed by atoms with Gasteiger partial charge in [-0.15, -0.1) is 0 Å². The van der Waals surface area contributed by atoms with E-state index in [1.807, 2.05) is 24.3 Å². The van der Waals surface area contributed by atoms with E-state index in [9.17, 15) is 4.79 Å². The summed E-state index contributed by atoms with van der Waals surface area (Å²) in [6.45, 7) is 0.499. The first-order valence-corrected chi connectivity index (χ1v) is 8.86. The molecule has 1 aromatic heterocycles. The lowest BCUT2D eigenvalue weighted by Crippen LogP contribution is -2.20. The minimum atomic E-state index is -0.397. The Morgan fingerprint density at radius 2 is 1.80 bits per heavy atom. The van der Waals surface area contributed by atoms with Crippen LogP contribution < -0.4 is 10.6 Å². The van der Waals surface area contributed by atoms with Gasteiger partial charge in [-0.2, -0.15) is 5.10 Å². The fourth-order valence-electron chi connectivity index (χ4n) is 2.17. The van der Waals surface area contributed by atoms with E-state index in [0.29, 0.717) is 32.6 Å². The summed E-state index contributed by atoms with van der Waals surface area (Å²) in [6.07, 6.45) is 1.78. The molecule has 0 unspecified atom stereocenters. The van der Waals surface area contributed by atoms with Crippen molar-refractivity contribution in [1.29, 1.82) is 0 Å². The van der Waals surface area contributed by atoms with Crippen molar-refractivity contribution >= 4 is 56.7 Å². The molecule has 2 amide bonds. The minimum Gasteiger partial charge on any atom is -0.308 e. The highest BCUT2D eigenvalue weighted by atomic mass is 79.9. The third-order valence-electron chi connectivity index (χ3n) is 3.34. The molecule has 2 N–H and O–H groups in total. The Hall–Kier alpha value is -2.02. The second-order valence-corrected chi connectivity index (χ2v) is 6.90. The zero-order chi connectivity index (χ0) is 17.8. The standard InChI is InChI=1S/C17H13BrCl2N4O/c18-14-10-24(9-11-3-1-2-4-15(11)20)23-16(14)22-17(25)21-13-7-5-12(19)6-8-13/h1-8,10H,9H2,(H2,21,22,23,25). The van der Waals surface area contributed by atoms with E-state index in [-0.39, 0.29) is 0 Å². The minimum absolute atomic E-state index is 0.397. The van der Waals surface area contributed by atoms with E-state index in [0.717, 1.165) is 5.56 Å². The Balaban J connectivity index is 1.67. The van der Waals surface area contributed by atoms with E-state index in [1.165, 1.54) is 0 Å². The summed E-state index contributed by atoms with van der Waals surface area (Å²) in [7, 11) is 0. The number of halogens is 3. The van der Waals surface area contributed by atoms with Gasteiger partial charge in [-0.1, -0.05) is 41.4 Å². The van der Waals surface area contributed by atoms with Crippen molar-refractivity contribution in [3.05, 3.63) is 74.8 Å². The molecular weight excluding hydrogens is 427 g/mol. The Bertz CT molecular complexity index is 896. The average molecular weight is 440 g/mol. The highest BCUT2D eigenvalue weighted by Crippen LogP contribution is 2.23. The second kappa shape index (κ2) is 7.91. The summed E-state index contributed by atoms with van der Waals surface area (Å²) in [6, 6.07) is 14.0. The monoisotopic (exact) mass is 438 g/mol. The first kappa shape index (κ1) is 17.8. The van der Waals surface area contributed by atoms with Crippen molar-refractivity contribution in [1.82, 2.24) is 9.78 Å². The number of carbonyl (C=O) groups excluding carboxylic acids is 1. The highest BCUT2D eigenvalue weighted by Gasteiger charge is 2.11. The molecule has 0 fully saturated rings. The van der Waals surface area contributed by atoms with Gasteiger partial charge in [0, 0.05) is 21.9 Å². The number of hydrogen-bond donors (Lipinski definition) is 2. The van der Waals surface area contributed by atoms with Crippen LogP contribution in [-0.2, 0) is 6.54 Å². The Morgan fingerprint density at radius 1 is 1.08 bits per heavy atom. The lowest BCUT2D eigenvalue weighted by molar-refractivity contribution is 0.262. The van der Waals surface area contributed by atoms with Gasteiger partial charge in [0.25, 0.3) is 0 Å². The van der Waals surface area contributed by atoms with E-state index in [1.54, 1.807) is 35.1 Å². The van der Waals surface area contributed by atoms with Gasteiger partial charge in [-0.05, 0) is 51.8 Å². The zero-order valence-corrected chi connectivity index (χ0v) is 15.9. The fraction of sp³-hybridized carbons (Fsp3) is 0.0588. The first-order chi connectivity index (χ1) is 12.0. The van der Waals surface area contributed by atoms with Crippen LogP contribution in [0.15, 0.2) is 59.2 Å². The molecule has 0 bridgehead atoms. The largest absolute Gasteiger partial charge is 0.324 e. The van der Waals surface area contributed by atoms with Gasteiger partial charge in [0.2, 0.25) is 0 Å². The van der Waals surface area contributed by atoms with Crippen molar-refractivity contribution in [3.8, 4) is 0 Å². The lowest BCUT2D eigenvalue weighted by Gasteiger charge is -2.06. The third kappa shape index (κ3) is 4.75. The molecular formula is C17H13BrCl2N4O. The van der Waals surface area contributed by atoms with Gasteiger partial charge in [0.15, 0.2) is 5.82 Å². The summed E-state index contributed by atoms with van der Waals surface area (Å²) in [5, 5.41) is 11.0. The van der Waals surface area contributed by atoms with Gasteiger partial charge in [-0.25, -0.2) is 4.79 Å².